The summed E-state index contributed by atoms with van der Waals surface area (Å²) in [5.41, 5.74) is 6.05. The maximum Gasteiger partial charge on any atom is 0.143 e. The van der Waals surface area contributed by atoms with Gasteiger partial charge in [0.05, 0.1) is 0 Å². The van der Waals surface area contributed by atoms with Gasteiger partial charge in [-0.05, 0) is 79.1 Å². The lowest BCUT2D eigenvalue weighted by Gasteiger charge is -2.09. The summed E-state index contributed by atoms with van der Waals surface area (Å²) in [6, 6.07) is 24.0. The van der Waals surface area contributed by atoms with E-state index in [4.69, 9.17) is 4.98 Å². The van der Waals surface area contributed by atoms with Crippen molar-refractivity contribution in [1.82, 2.24) is 14.4 Å². The van der Waals surface area contributed by atoms with Crippen LogP contribution in [-0.2, 0) is 0 Å². The fraction of sp³-hybridized carbons (Fsp3) is 0.0370. The highest BCUT2D eigenvalue weighted by Gasteiger charge is 2.15. The molecule has 5 aromatic rings. The molecule has 0 aliphatic carbocycles. The third-order valence-electron chi connectivity index (χ3n) is 5.02. The second-order valence-electron chi connectivity index (χ2n) is 7.42. The van der Waals surface area contributed by atoms with Gasteiger partial charge in [-0.25, -0.2) is 14.4 Å². The first-order valence-corrected chi connectivity index (χ1v) is 10.2. The van der Waals surface area contributed by atoms with E-state index >= 15 is 0 Å². The summed E-state index contributed by atoms with van der Waals surface area (Å²) >= 11 is 0. The molecule has 5 rings (SSSR count). The summed E-state index contributed by atoms with van der Waals surface area (Å²) in [5.74, 6) is 6.81. The monoisotopic (exact) mass is 418 g/mol. The van der Waals surface area contributed by atoms with Crippen molar-refractivity contribution in [2.45, 2.75) is 6.92 Å². The lowest BCUT2D eigenvalue weighted by Crippen LogP contribution is -1.97. The van der Waals surface area contributed by atoms with E-state index in [0.29, 0.717) is 0 Å². The van der Waals surface area contributed by atoms with E-state index in [-0.39, 0.29) is 5.82 Å². The quantitative estimate of drug-likeness (QED) is 0.366. The van der Waals surface area contributed by atoms with Gasteiger partial charge in [-0.15, -0.1) is 0 Å². The summed E-state index contributed by atoms with van der Waals surface area (Å²) in [4.78, 5) is 9.14. The van der Waals surface area contributed by atoms with Gasteiger partial charge in [0.25, 0.3) is 0 Å². The van der Waals surface area contributed by atoms with Gasteiger partial charge in [-0.2, -0.15) is 0 Å². The molecule has 5 heteroatoms. The van der Waals surface area contributed by atoms with Crippen molar-refractivity contribution < 1.29 is 4.39 Å². The smallest absolute Gasteiger partial charge is 0.143 e. The molecule has 32 heavy (non-hydrogen) atoms. The third-order valence-corrected chi connectivity index (χ3v) is 5.02. The highest BCUT2D eigenvalue weighted by Crippen LogP contribution is 2.32. The fourth-order valence-electron chi connectivity index (χ4n) is 3.45. The molecule has 0 bridgehead atoms. The lowest BCUT2D eigenvalue weighted by atomic mass is 10.1. The summed E-state index contributed by atoms with van der Waals surface area (Å²) in [7, 11) is 0. The first-order valence-electron chi connectivity index (χ1n) is 10.2. The molecule has 0 fully saturated rings. The molecular weight excluding hydrogens is 399 g/mol. The number of nitrogens with zero attached hydrogens (tertiary/aromatic N) is 3. The molecule has 0 aliphatic rings. The van der Waals surface area contributed by atoms with Gasteiger partial charge >= 0.3 is 0 Å². The van der Waals surface area contributed by atoms with E-state index in [1.807, 2.05) is 72.1 Å². The summed E-state index contributed by atoms with van der Waals surface area (Å²) in [5, 5.41) is 3.41. The van der Waals surface area contributed by atoms with Crippen LogP contribution in [0, 0.1) is 24.6 Å². The van der Waals surface area contributed by atoms with Gasteiger partial charge in [0.15, 0.2) is 0 Å². The number of rotatable bonds is 3. The minimum atomic E-state index is -0.274. The van der Waals surface area contributed by atoms with Gasteiger partial charge in [-0.3, -0.25) is 4.40 Å². The van der Waals surface area contributed by atoms with Crippen LogP contribution in [0.15, 0.2) is 91.3 Å². The first kappa shape index (κ1) is 19.5. The van der Waals surface area contributed by atoms with Crippen LogP contribution in [0.25, 0.3) is 16.9 Å². The number of benzene rings is 2. The van der Waals surface area contributed by atoms with Crippen LogP contribution in [0.5, 0.6) is 0 Å². The predicted octanol–water partition coefficient (Wildman–Crippen LogP) is 5.99. The zero-order valence-electron chi connectivity index (χ0n) is 17.4. The molecule has 2 aromatic carbocycles. The molecule has 154 valence electrons. The Morgan fingerprint density at radius 3 is 2.59 bits per heavy atom. The molecule has 3 heterocycles. The molecule has 0 unspecified atom stereocenters. The predicted molar refractivity (Wildman–Crippen MR) is 125 cm³/mol. The normalized spacial score (nSPS) is 10.6. The van der Waals surface area contributed by atoms with E-state index in [1.54, 1.807) is 18.3 Å². The summed E-state index contributed by atoms with van der Waals surface area (Å²) in [6.45, 7) is 2.04. The fourth-order valence-corrected chi connectivity index (χ4v) is 3.45. The summed E-state index contributed by atoms with van der Waals surface area (Å²) < 4.78 is 15.4. The maximum absolute atomic E-state index is 13.4. The van der Waals surface area contributed by atoms with Crippen LogP contribution in [0.2, 0.25) is 0 Å². The zero-order chi connectivity index (χ0) is 21.9. The van der Waals surface area contributed by atoms with Crippen molar-refractivity contribution in [3.05, 3.63) is 114 Å². The van der Waals surface area contributed by atoms with Crippen LogP contribution in [-0.4, -0.2) is 14.4 Å². The average molecular weight is 418 g/mol. The van der Waals surface area contributed by atoms with Crippen molar-refractivity contribution in [2.75, 3.05) is 5.32 Å². The Balaban J connectivity index is 1.59. The number of nitrogens with one attached hydrogen (secondary N) is 1. The zero-order valence-corrected chi connectivity index (χ0v) is 17.4. The average Bonchev–Trinajstić information content (AvgIpc) is 3.17. The molecule has 3 aromatic heterocycles. The minimum Gasteiger partial charge on any atom is -0.339 e. The number of pyridine rings is 2. The number of hydrogen-bond donors (Lipinski definition) is 1. The Kier molecular flexibility index (Phi) is 5.11. The van der Waals surface area contributed by atoms with Gasteiger partial charge in [-0.1, -0.05) is 24.1 Å². The molecule has 0 amide bonds. The van der Waals surface area contributed by atoms with E-state index in [2.05, 4.69) is 22.1 Å². The second kappa shape index (κ2) is 8.37. The SMILES string of the molecule is Cc1ccn2c(Nc3ccc(F)cc3)c(-c3cccc(C#Cc4ccccn4)c3)nc2c1. The van der Waals surface area contributed by atoms with Gasteiger partial charge in [0.2, 0.25) is 0 Å². The number of halogens is 1. The van der Waals surface area contributed by atoms with Crippen molar-refractivity contribution in [2.24, 2.45) is 0 Å². The van der Waals surface area contributed by atoms with Crippen LogP contribution >= 0.6 is 0 Å². The number of aryl methyl sites for hydroxylation is 1. The highest BCUT2D eigenvalue weighted by molar-refractivity contribution is 5.80. The summed E-state index contributed by atoms with van der Waals surface area (Å²) in [6.07, 6.45) is 3.71. The molecular formula is C27H19FN4. The van der Waals surface area contributed by atoms with Crippen LogP contribution in [0.4, 0.5) is 15.9 Å². The molecule has 0 aliphatic heterocycles. The maximum atomic E-state index is 13.4. The van der Waals surface area contributed by atoms with E-state index in [1.165, 1.54) is 12.1 Å². The van der Waals surface area contributed by atoms with Crippen molar-refractivity contribution >= 4 is 17.2 Å². The first-order chi connectivity index (χ1) is 15.7. The Labute approximate surface area is 185 Å². The third kappa shape index (κ3) is 4.07. The minimum absolute atomic E-state index is 0.274. The number of aromatic nitrogens is 3. The lowest BCUT2D eigenvalue weighted by molar-refractivity contribution is 0.628. The second-order valence-corrected chi connectivity index (χ2v) is 7.42. The van der Waals surface area contributed by atoms with E-state index in [9.17, 15) is 4.39 Å². The molecule has 0 radical (unpaired) electrons. The molecule has 0 spiro atoms. The van der Waals surface area contributed by atoms with E-state index in [0.717, 1.165) is 45.2 Å². The Morgan fingerprint density at radius 2 is 1.78 bits per heavy atom. The molecule has 0 saturated heterocycles. The molecule has 4 nitrogen and oxygen atoms in total. The standard InChI is InChI=1S/C27H19FN4/c1-19-14-16-32-25(17-19)31-26(27(32)30-24-12-9-22(28)10-13-24)21-6-4-5-20(18-21)8-11-23-7-2-3-15-29-23/h2-7,9-10,12-18,30H,1H3. The van der Waals surface area contributed by atoms with Crippen molar-refractivity contribution in [3.63, 3.8) is 0 Å². The highest BCUT2D eigenvalue weighted by atomic mass is 19.1. The number of hydrogen-bond acceptors (Lipinski definition) is 3. The largest absolute Gasteiger partial charge is 0.339 e. The Morgan fingerprint density at radius 1 is 0.906 bits per heavy atom. The van der Waals surface area contributed by atoms with Gasteiger partial charge in [0, 0.05) is 29.2 Å². The topological polar surface area (TPSA) is 42.2 Å². The number of anilines is 2. The van der Waals surface area contributed by atoms with Crippen LogP contribution < -0.4 is 5.32 Å². The molecule has 0 atom stereocenters. The van der Waals surface area contributed by atoms with E-state index < -0.39 is 0 Å². The number of imidazole rings is 1. The van der Waals surface area contributed by atoms with Crippen LogP contribution in [0.1, 0.15) is 16.8 Å². The molecule has 0 saturated carbocycles. The Bertz CT molecular complexity index is 1460. The van der Waals surface area contributed by atoms with Crippen molar-refractivity contribution in [1.29, 1.82) is 0 Å². The van der Waals surface area contributed by atoms with Gasteiger partial charge in [0.1, 0.15) is 28.7 Å². The van der Waals surface area contributed by atoms with Crippen LogP contribution in [0.3, 0.4) is 0 Å². The number of fused-ring (bicyclic) bond motifs is 1. The Hall–Kier alpha value is -4.43. The van der Waals surface area contributed by atoms with Crippen molar-refractivity contribution in [3.8, 4) is 23.1 Å². The molecule has 1 N–H and O–H groups in total. The van der Waals surface area contributed by atoms with Gasteiger partial charge < -0.3 is 5.32 Å².